The molecule has 0 saturated carbocycles. The maximum atomic E-state index is 4.80. The maximum absolute atomic E-state index is 4.80. The molecular weight excluding hydrogens is 296 g/mol. The summed E-state index contributed by atoms with van der Waals surface area (Å²) in [5.41, 5.74) is 5.95. The Morgan fingerprint density at radius 2 is 1.46 bits per heavy atom. The summed E-state index contributed by atoms with van der Waals surface area (Å²) in [6, 6.07) is 6.44. The minimum absolute atomic E-state index is 0.863. The summed E-state index contributed by atoms with van der Waals surface area (Å²) in [6.07, 6.45) is 5.09. The van der Waals surface area contributed by atoms with E-state index in [0.29, 0.717) is 0 Å². The normalized spacial score (nSPS) is 15.2. The van der Waals surface area contributed by atoms with Gasteiger partial charge in [-0.05, 0) is 51.7 Å². The summed E-state index contributed by atoms with van der Waals surface area (Å²) in [4.78, 5) is 11.8. The van der Waals surface area contributed by atoms with Gasteiger partial charge in [0, 0.05) is 30.5 Å². The van der Waals surface area contributed by atoms with Crippen LogP contribution in [0, 0.1) is 27.7 Å². The first kappa shape index (κ1) is 16.7. The van der Waals surface area contributed by atoms with Crippen LogP contribution in [0.15, 0.2) is 18.2 Å². The zero-order chi connectivity index (χ0) is 17.1. The highest BCUT2D eigenvalue weighted by molar-refractivity contribution is 5.66. The van der Waals surface area contributed by atoms with E-state index in [0.717, 1.165) is 36.2 Å². The van der Waals surface area contributed by atoms with Gasteiger partial charge in [-0.25, -0.2) is 4.98 Å². The molecule has 24 heavy (non-hydrogen) atoms. The number of nitrogens with one attached hydrogen (secondary N) is 1. The predicted molar refractivity (Wildman–Crippen MR) is 101 cm³/mol. The summed E-state index contributed by atoms with van der Waals surface area (Å²) in [5, 5.41) is 3.53. The first-order valence-corrected chi connectivity index (χ1v) is 8.98. The molecule has 0 bridgehead atoms. The van der Waals surface area contributed by atoms with Crippen LogP contribution < -0.4 is 10.2 Å². The Labute approximate surface area is 145 Å². The van der Waals surface area contributed by atoms with E-state index in [1.807, 2.05) is 13.0 Å². The van der Waals surface area contributed by atoms with Crippen molar-refractivity contribution in [2.75, 3.05) is 23.3 Å². The van der Waals surface area contributed by atoms with Crippen molar-refractivity contribution in [1.82, 2.24) is 9.97 Å². The van der Waals surface area contributed by atoms with E-state index >= 15 is 0 Å². The molecule has 1 saturated heterocycles. The van der Waals surface area contributed by atoms with Gasteiger partial charge in [0.05, 0.1) is 0 Å². The molecule has 1 aromatic heterocycles. The van der Waals surface area contributed by atoms with Crippen molar-refractivity contribution in [2.24, 2.45) is 0 Å². The minimum atomic E-state index is 0.863. The van der Waals surface area contributed by atoms with Crippen molar-refractivity contribution in [3.8, 4) is 0 Å². The molecule has 1 fully saturated rings. The Morgan fingerprint density at radius 1 is 0.833 bits per heavy atom. The highest BCUT2D eigenvalue weighted by Crippen LogP contribution is 2.26. The van der Waals surface area contributed by atoms with Gasteiger partial charge >= 0.3 is 0 Å². The summed E-state index contributed by atoms with van der Waals surface area (Å²) >= 11 is 0. The van der Waals surface area contributed by atoms with Crippen LogP contribution >= 0.6 is 0 Å². The van der Waals surface area contributed by atoms with Crippen LogP contribution in [-0.2, 0) is 0 Å². The van der Waals surface area contributed by atoms with Crippen LogP contribution in [0.25, 0.3) is 0 Å². The molecule has 2 aromatic rings. The minimum Gasteiger partial charge on any atom is -0.341 e. The molecule has 1 aliphatic heterocycles. The second-order valence-electron chi connectivity index (χ2n) is 6.99. The molecule has 128 valence electrons. The molecule has 2 heterocycles. The summed E-state index contributed by atoms with van der Waals surface area (Å²) in [7, 11) is 0. The molecule has 3 rings (SSSR count). The molecule has 1 aliphatic rings. The third kappa shape index (κ3) is 3.86. The first-order valence-electron chi connectivity index (χ1n) is 8.98. The van der Waals surface area contributed by atoms with E-state index in [2.05, 4.69) is 48.1 Å². The Balaban J connectivity index is 1.89. The van der Waals surface area contributed by atoms with Gasteiger partial charge in [-0.2, -0.15) is 4.98 Å². The molecule has 0 aliphatic carbocycles. The second kappa shape index (κ2) is 7.20. The standard InChI is InChI=1S/C20H28N4/c1-14-11-15(2)19(16(3)12-14)22-18-13-17(4)21-20(23-18)24-9-7-5-6-8-10-24/h11-13H,5-10H2,1-4H3,(H,21,22,23). The van der Waals surface area contributed by atoms with Crippen LogP contribution in [0.3, 0.4) is 0 Å². The Kier molecular flexibility index (Phi) is 5.03. The molecule has 4 nitrogen and oxygen atoms in total. The third-order valence-electron chi connectivity index (χ3n) is 4.66. The quantitative estimate of drug-likeness (QED) is 0.877. The lowest BCUT2D eigenvalue weighted by molar-refractivity contribution is 0.726. The summed E-state index contributed by atoms with van der Waals surface area (Å²) in [5.74, 6) is 1.75. The van der Waals surface area contributed by atoms with E-state index in [4.69, 9.17) is 4.98 Å². The predicted octanol–water partition coefficient (Wildman–Crippen LogP) is 4.83. The van der Waals surface area contributed by atoms with Crippen molar-refractivity contribution in [3.63, 3.8) is 0 Å². The Hall–Kier alpha value is -2.10. The lowest BCUT2D eigenvalue weighted by Crippen LogP contribution is -2.26. The summed E-state index contributed by atoms with van der Waals surface area (Å²) < 4.78 is 0. The topological polar surface area (TPSA) is 41.1 Å². The Bertz CT molecular complexity index is 693. The molecular formula is C20H28N4. The van der Waals surface area contributed by atoms with Gasteiger partial charge in [0.1, 0.15) is 5.82 Å². The van der Waals surface area contributed by atoms with Gasteiger partial charge in [0.25, 0.3) is 0 Å². The van der Waals surface area contributed by atoms with Gasteiger partial charge in [-0.3, -0.25) is 0 Å². The molecule has 0 radical (unpaired) electrons. The van der Waals surface area contributed by atoms with Crippen LogP contribution in [0.2, 0.25) is 0 Å². The highest BCUT2D eigenvalue weighted by atomic mass is 15.3. The molecule has 1 aromatic carbocycles. The molecule has 0 atom stereocenters. The number of nitrogens with zero attached hydrogens (tertiary/aromatic N) is 3. The number of anilines is 3. The van der Waals surface area contributed by atoms with Crippen molar-refractivity contribution in [1.29, 1.82) is 0 Å². The molecule has 0 unspecified atom stereocenters. The van der Waals surface area contributed by atoms with Crippen molar-refractivity contribution in [3.05, 3.63) is 40.6 Å². The fraction of sp³-hybridized carbons (Fsp3) is 0.500. The maximum Gasteiger partial charge on any atom is 0.227 e. The van der Waals surface area contributed by atoms with E-state index in [1.165, 1.54) is 42.4 Å². The largest absolute Gasteiger partial charge is 0.341 e. The number of rotatable bonds is 3. The number of benzene rings is 1. The monoisotopic (exact) mass is 324 g/mol. The second-order valence-corrected chi connectivity index (χ2v) is 6.99. The lowest BCUT2D eigenvalue weighted by Gasteiger charge is -2.21. The number of aryl methyl sites for hydroxylation is 4. The smallest absolute Gasteiger partial charge is 0.227 e. The zero-order valence-corrected chi connectivity index (χ0v) is 15.3. The fourth-order valence-electron chi connectivity index (χ4n) is 3.53. The van der Waals surface area contributed by atoms with Crippen molar-refractivity contribution in [2.45, 2.75) is 53.4 Å². The lowest BCUT2D eigenvalue weighted by atomic mass is 10.1. The van der Waals surface area contributed by atoms with Crippen LogP contribution in [-0.4, -0.2) is 23.1 Å². The van der Waals surface area contributed by atoms with Gasteiger partial charge in [-0.1, -0.05) is 30.5 Å². The average molecular weight is 324 g/mol. The Morgan fingerprint density at radius 3 is 2.08 bits per heavy atom. The molecule has 0 spiro atoms. The van der Waals surface area contributed by atoms with Crippen LogP contribution in [0.1, 0.15) is 48.1 Å². The summed E-state index contributed by atoms with van der Waals surface area (Å²) in [6.45, 7) is 10.6. The average Bonchev–Trinajstić information content (AvgIpc) is 2.79. The molecule has 0 amide bonds. The van der Waals surface area contributed by atoms with Crippen LogP contribution in [0.4, 0.5) is 17.5 Å². The van der Waals surface area contributed by atoms with Gasteiger partial charge in [-0.15, -0.1) is 0 Å². The van der Waals surface area contributed by atoms with E-state index < -0.39 is 0 Å². The number of hydrogen-bond donors (Lipinski definition) is 1. The number of hydrogen-bond acceptors (Lipinski definition) is 4. The molecule has 1 N–H and O–H groups in total. The highest BCUT2D eigenvalue weighted by Gasteiger charge is 2.14. The van der Waals surface area contributed by atoms with Crippen molar-refractivity contribution < 1.29 is 0 Å². The van der Waals surface area contributed by atoms with Gasteiger partial charge in [0.15, 0.2) is 0 Å². The van der Waals surface area contributed by atoms with Crippen molar-refractivity contribution >= 4 is 17.5 Å². The van der Waals surface area contributed by atoms with Gasteiger partial charge in [0.2, 0.25) is 5.95 Å². The van der Waals surface area contributed by atoms with Gasteiger partial charge < -0.3 is 10.2 Å². The first-order chi connectivity index (χ1) is 11.5. The van der Waals surface area contributed by atoms with E-state index in [9.17, 15) is 0 Å². The number of aromatic nitrogens is 2. The SMILES string of the molecule is Cc1cc(C)c(Nc2cc(C)nc(N3CCCCCC3)n2)c(C)c1. The van der Waals surface area contributed by atoms with E-state index in [-0.39, 0.29) is 0 Å². The fourth-order valence-corrected chi connectivity index (χ4v) is 3.53. The molecule has 4 heteroatoms. The van der Waals surface area contributed by atoms with E-state index in [1.54, 1.807) is 0 Å². The third-order valence-corrected chi connectivity index (χ3v) is 4.66. The van der Waals surface area contributed by atoms with Crippen LogP contribution in [0.5, 0.6) is 0 Å². The zero-order valence-electron chi connectivity index (χ0n) is 15.3.